The summed E-state index contributed by atoms with van der Waals surface area (Å²) >= 11 is 1.52. The van der Waals surface area contributed by atoms with E-state index in [0.717, 1.165) is 11.3 Å². The molecule has 0 aliphatic carbocycles. The maximum atomic E-state index is 13.0. The number of carbonyl (C=O) groups excluding carboxylic acids is 1. The molecular weight excluding hydrogens is 423 g/mol. The Labute approximate surface area is 179 Å². The van der Waals surface area contributed by atoms with Gasteiger partial charge in [-0.25, -0.2) is 12.8 Å². The van der Waals surface area contributed by atoms with Crippen LogP contribution >= 0.6 is 11.8 Å². The minimum Gasteiger partial charge on any atom is -0.325 e. The lowest BCUT2D eigenvalue weighted by atomic mass is 10.2. The largest absolute Gasteiger partial charge is 0.325 e. The third-order valence-corrected chi connectivity index (χ3v) is 6.85. The second kappa shape index (κ2) is 9.77. The van der Waals surface area contributed by atoms with Crippen LogP contribution in [0.5, 0.6) is 0 Å². The normalized spacial score (nSPS) is 12.2. The lowest BCUT2D eigenvalue weighted by Crippen LogP contribution is -2.22. The topological polar surface area (TPSA) is 75.3 Å². The Morgan fingerprint density at radius 1 is 0.933 bits per heavy atom. The molecule has 3 rings (SSSR count). The summed E-state index contributed by atoms with van der Waals surface area (Å²) in [6.07, 6.45) is 0. The summed E-state index contributed by atoms with van der Waals surface area (Å²) in [6.45, 7) is 1.83. The van der Waals surface area contributed by atoms with E-state index < -0.39 is 15.8 Å². The Balaban J connectivity index is 1.57. The van der Waals surface area contributed by atoms with Crippen molar-refractivity contribution < 1.29 is 17.6 Å². The smallest absolute Gasteiger partial charge is 0.261 e. The minimum absolute atomic E-state index is 0.0383. The number of hydrogen-bond donors (Lipinski definition) is 2. The zero-order chi connectivity index (χ0) is 21.6. The molecule has 0 radical (unpaired) electrons. The van der Waals surface area contributed by atoms with Gasteiger partial charge in [0.15, 0.2) is 0 Å². The van der Waals surface area contributed by atoms with Crippen molar-refractivity contribution in [2.24, 2.45) is 0 Å². The number of nitrogens with one attached hydrogen (secondary N) is 2. The first-order chi connectivity index (χ1) is 14.3. The van der Waals surface area contributed by atoms with Crippen molar-refractivity contribution in [1.29, 1.82) is 0 Å². The number of halogens is 1. The van der Waals surface area contributed by atoms with Crippen LogP contribution in [0.1, 0.15) is 12.5 Å². The van der Waals surface area contributed by atoms with Crippen LogP contribution in [0.2, 0.25) is 0 Å². The Kier molecular flexibility index (Phi) is 7.12. The minimum atomic E-state index is -3.82. The molecule has 0 unspecified atom stereocenters. The van der Waals surface area contributed by atoms with Crippen LogP contribution < -0.4 is 10.0 Å². The highest BCUT2D eigenvalue weighted by Gasteiger charge is 2.16. The Morgan fingerprint density at radius 2 is 1.53 bits per heavy atom. The van der Waals surface area contributed by atoms with Crippen LogP contribution in [0.25, 0.3) is 0 Å². The molecule has 1 amide bonds. The molecule has 2 N–H and O–H groups in total. The zero-order valence-electron chi connectivity index (χ0n) is 16.2. The molecule has 0 fully saturated rings. The standard InChI is InChI=1S/C22H21FN2O3S2/c1-16(29-15-17-5-3-2-4-6-17)22(26)24-19-11-13-21(14-12-19)30(27,28)25-20-9-7-18(23)8-10-20/h2-14,16,25H,15H2,1H3,(H,24,26)/t16-/m0/s1. The lowest BCUT2D eigenvalue weighted by molar-refractivity contribution is -0.115. The number of anilines is 2. The highest BCUT2D eigenvalue weighted by molar-refractivity contribution is 7.99. The fourth-order valence-corrected chi connectivity index (χ4v) is 4.47. The summed E-state index contributed by atoms with van der Waals surface area (Å²) in [5.41, 5.74) is 1.91. The van der Waals surface area contributed by atoms with Gasteiger partial charge in [0.1, 0.15) is 5.82 Å². The van der Waals surface area contributed by atoms with Gasteiger partial charge in [0.05, 0.1) is 10.1 Å². The van der Waals surface area contributed by atoms with Crippen LogP contribution in [-0.4, -0.2) is 19.6 Å². The Bertz CT molecular complexity index is 1090. The van der Waals surface area contributed by atoms with Gasteiger partial charge in [-0.15, -0.1) is 11.8 Å². The van der Waals surface area contributed by atoms with Gasteiger partial charge in [0.25, 0.3) is 10.0 Å². The highest BCUT2D eigenvalue weighted by atomic mass is 32.2. The molecule has 30 heavy (non-hydrogen) atoms. The first-order valence-corrected chi connectivity index (χ1v) is 11.7. The molecule has 0 saturated heterocycles. The molecule has 8 heteroatoms. The molecule has 3 aromatic carbocycles. The van der Waals surface area contributed by atoms with Crippen LogP contribution in [0.4, 0.5) is 15.8 Å². The number of hydrogen-bond acceptors (Lipinski definition) is 4. The van der Waals surface area contributed by atoms with Gasteiger partial charge in [-0.3, -0.25) is 9.52 Å². The molecule has 0 aliphatic rings. The van der Waals surface area contributed by atoms with Crippen molar-refractivity contribution in [1.82, 2.24) is 0 Å². The van der Waals surface area contributed by atoms with Crippen LogP contribution in [0.15, 0.2) is 83.8 Å². The SMILES string of the molecule is C[C@H](SCc1ccccc1)C(=O)Nc1ccc(S(=O)(=O)Nc2ccc(F)cc2)cc1. The van der Waals surface area contributed by atoms with Crippen molar-refractivity contribution in [3.05, 3.63) is 90.2 Å². The molecule has 156 valence electrons. The molecular formula is C22H21FN2O3S2. The second-order valence-electron chi connectivity index (χ2n) is 6.56. The van der Waals surface area contributed by atoms with E-state index >= 15 is 0 Å². The maximum Gasteiger partial charge on any atom is 0.261 e. The average molecular weight is 445 g/mol. The molecule has 0 spiro atoms. The summed E-state index contributed by atoms with van der Waals surface area (Å²) in [5.74, 6) is 0.118. The third-order valence-electron chi connectivity index (χ3n) is 4.24. The lowest BCUT2D eigenvalue weighted by Gasteiger charge is -2.13. The predicted octanol–water partition coefficient (Wildman–Crippen LogP) is 4.89. The molecule has 0 bridgehead atoms. The van der Waals surface area contributed by atoms with Crippen molar-refractivity contribution in [3.8, 4) is 0 Å². The number of sulfonamides is 1. The van der Waals surface area contributed by atoms with Gasteiger partial charge >= 0.3 is 0 Å². The summed E-state index contributed by atoms with van der Waals surface area (Å²) in [7, 11) is -3.82. The van der Waals surface area contributed by atoms with Gasteiger partial charge in [0, 0.05) is 17.1 Å². The number of carbonyl (C=O) groups is 1. The summed E-state index contributed by atoms with van der Waals surface area (Å²) in [5, 5.41) is 2.53. The molecule has 1 atom stereocenters. The number of thioether (sulfide) groups is 1. The van der Waals surface area contributed by atoms with E-state index in [1.807, 2.05) is 37.3 Å². The van der Waals surface area contributed by atoms with Gasteiger partial charge in [-0.2, -0.15) is 0 Å². The van der Waals surface area contributed by atoms with Crippen molar-refractivity contribution in [3.63, 3.8) is 0 Å². The maximum absolute atomic E-state index is 13.0. The fraction of sp³-hybridized carbons (Fsp3) is 0.136. The Hall–Kier alpha value is -2.84. The highest BCUT2D eigenvalue weighted by Crippen LogP contribution is 2.21. The summed E-state index contributed by atoms with van der Waals surface area (Å²) in [4.78, 5) is 12.4. The quantitative estimate of drug-likeness (QED) is 0.519. The number of rotatable bonds is 8. The van der Waals surface area contributed by atoms with E-state index in [1.54, 1.807) is 0 Å². The van der Waals surface area contributed by atoms with Crippen molar-refractivity contribution >= 4 is 39.1 Å². The number of benzene rings is 3. The summed E-state index contributed by atoms with van der Waals surface area (Å²) < 4.78 is 40.3. The van der Waals surface area contributed by atoms with Gasteiger partial charge in [-0.1, -0.05) is 30.3 Å². The van der Waals surface area contributed by atoms with E-state index in [4.69, 9.17) is 0 Å². The predicted molar refractivity (Wildman–Crippen MR) is 119 cm³/mol. The molecule has 0 saturated carbocycles. The summed E-state index contributed by atoms with van der Waals surface area (Å²) in [6, 6.07) is 20.8. The van der Waals surface area contributed by atoms with Gasteiger partial charge in [0.2, 0.25) is 5.91 Å². The molecule has 3 aromatic rings. The van der Waals surface area contributed by atoms with Crippen LogP contribution in [0.3, 0.4) is 0 Å². The fourth-order valence-electron chi connectivity index (χ4n) is 2.56. The van der Waals surface area contributed by atoms with Crippen molar-refractivity contribution in [2.45, 2.75) is 22.8 Å². The first-order valence-electron chi connectivity index (χ1n) is 9.18. The van der Waals surface area contributed by atoms with Gasteiger partial charge in [-0.05, 0) is 61.0 Å². The van der Waals surface area contributed by atoms with Crippen LogP contribution in [0, 0.1) is 5.82 Å². The van der Waals surface area contributed by atoms with E-state index in [-0.39, 0.29) is 21.7 Å². The third kappa shape index (κ3) is 6.08. The first kappa shape index (κ1) is 21.9. The average Bonchev–Trinajstić information content (AvgIpc) is 2.74. The molecule has 0 aromatic heterocycles. The number of amides is 1. The van der Waals surface area contributed by atoms with E-state index in [0.29, 0.717) is 5.69 Å². The molecule has 0 aliphatic heterocycles. The molecule has 0 heterocycles. The molecule has 5 nitrogen and oxygen atoms in total. The van der Waals surface area contributed by atoms with E-state index in [2.05, 4.69) is 10.0 Å². The van der Waals surface area contributed by atoms with E-state index in [1.165, 1.54) is 60.3 Å². The van der Waals surface area contributed by atoms with Crippen molar-refractivity contribution in [2.75, 3.05) is 10.0 Å². The zero-order valence-corrected chi connectivity index (χ0v) is 17.8. The van der Waals surface area contributed by atoms with E-state index in [9.17, 15) is 17.6 Å². The second-order valence-corrected chi connectivity index (χ2v) is 9.58. The van der Waals surface area contributed by atoms with Gasteiger partial charge < -0.3 is 5.32 Å². The Morgan fingerprint density at radius 3 is 2.17 bits per heavy atom. The van der Waals surface area contributed by atoms with Crippen LogP contribution in [-0.2, 0) is 20.6 Å². The monoisotopic (exact) mass is 444 g/mol.